The number of hydrogen-bond acceptors (Lipinski definition) is 1. The van der Waals surface area contributed by atoms with E-state index in [9.17, 15) is 5.11 Å². The molecule has 0 aliphatic heterocycles. The number of hydrogen-bond donors (Lipinski definition) is 1. The summed E-state index contributed by atoms with van der Waals surface area (Å²) in [4.78, 5) is 7.39. The van der Waals surface area contributed by atoms with Crippen LogP contribution in [0.3, 0.4) is 0 Å². The Hall–Kier alpha value is -0.961. The monoisotopic (exact) mass is 418 g/mol. The van der Waals surface area contributed by atoms with E-state index in [0.29, 0.717) is 17.6 Å². The van der Waals surface area contributed by atoms with Gasteiger partial charge in [-0.3, -0.25) is 0 Å². The Labute approximate surface area is 145 Å². The van der Waals surface area contributed by atoms with Crippen LogP contribution >= 0.6 is 0 Å². The molecule has 0 saturated heterocycles. The molecule has 1 N–H and O–H groups in total. The van der Waals surface area contributed by atoms with Crippen LogP contribution in [0.1, 0.15) is 49.7 Å². The molecule has 2 aromatic carbocycles. The minimum atomic E-state index is -1.94. The topological polar surface area (TPSA) is 20.2 Å². The van der Waals surface area contributed by atoms with Gasteiger partial charge in [-0.15, -0.1) is 0 Å². The van der Waals surface area contributed by atoms with E-state index in [1.165, 1.54) is 11.1 Å². The minimum absolute atomic E-state index is 0.348. The molecule has 23 heavy (non-hydrogen) atoms. The van der Waals surface area contributed by atoms with E-state index in [4.69, 9.17) is 0 Å². The van der Waals surface area contributed by atoms with Crippen molar-refractivity contribution in [1.29, 1.82) is 0 Å². The van der Waals surface area contributed by atoms with Crippen LogP contribution in [0.4, 0.5) is 0 Å². The molecule has 2 atom stereocenters. The molecule has 0 fully saturated rings. The van der Waals surface area contributed by atoms with Crippen LogP contribution in [0.15, 0.2) is 48.5 Å². The SMILES string of the molecule is CCC(CC(C)c1cc[c]([Sn]([CH3])([CH3])[CH3])cc1)c1ccc(O)cc1. The van der Waals surface area contributed by atoms with Crippen LogP contribution in [-0.4, -0.2) is 23.5 Å². The van der Waals surface area contributed by atoms with Gasteiger partial charge in [0.2, 0.25) is 0 Å². The van der Waals surface area contributed by atoms with Gasteiger partial charge in [0.1, 0.15) is 0 Å². The Morgan fingerprint density at radius 1 is 0.870 bits per heavy atom. The van der Waals surface area contributed by atoms with Crippen LogP contribution in [0.5, 0.6) is 5.75 Å². The molecule has 2 aromatic rings. The molecule has 0 aliphatic rings. The van der Waals surface area contributed by atoms with E-state index in [2.05, 4.69) is 65.1 Å². The molecule has 0 saturated carbocycles. The standard InChI is InChI=1S/C18H21O.3CH3.Sn/c1-3-15(17-9-11-18(19)12-10-17)13-14(2)16-7-5-4-6-8-16;;;;/h5-12,14-15,19H,3,13H2,1-2H3;3*1H3;. The summed E-state index contributed by atoms with van der Waals surface area (Å²) in [5.74, 6) is 1.45. The van der Waals surface area contributed by atoms with Gasteiger partial charge in [-0.1, -0.05) is 0 Å². The van der Waals surface area contributed by atoms with Crippen molar-refractivity contribution in [3.63, 3.8) is 0 Å². The fraction of sp³-hybridized carbons (Fsp3) is 0.429. The third-order valence-corrected chi connectivity index (χ3v) is 10.7. The molecule has 1 nitrogen and oxygen atoms in total. The maximum absolute atomic E-state index is 9.47. The first-order valence-electron chi connectivity index (χ1n) is 8.70. The van der Waals surface area contributed by atoms with Gasteiger partial charge in [0.25, 0.3) is 0 Å². The van der Waals surface area contributed by atoms with Gasteiger partial charge in [-0.2, -0.15) is 0 Å². The van der Waals surface area contributed by atoms with Crippen LogP contribution in [0, 0.1) is 0 Å². The molecule has 2 heteroatoms. The predicted octanol–water partition coefficient (Wildman–Crippen LogP) is 5.62. The number of benzene rings is 2. The van der Waals surface area contributed by atoms with E-state index in [1.807, 2.05) is 0 Å². The Morgan fingerprint density at radius 3 is 1.87 bits per heavy atom. The number of phenolic OH excluding ortho intramolecular Hbond substituents is 1. The average molecular weight is 417 g/mol. The van der Waals surface area contributed by atoms with Gasteiger partial charge in [-0.25, -0.2) is 0 Å². The van der Waals surface area contributed by atoms with Gasteiger partial charge in [0.15, 0.2) is 0 Å². The molecular weight excluding hydrogens is 387 g/mol. The molecule has 0 heterocycles. The van der Waals surface area contributed by atoms with Gasteiger partial charge in [0.05, 0.1) is 0 Å². The Kier molecular flexibility index (Phi) is 6.18. The maximum atomic E-state index is 9.47. The fourth-order valence-electron chi connectivity index (χ4n) is 3.16. The molecule has 124 valence electrons. The van der Waals surface area contributed by atoms with Crippen molar-refractivity contribution in [2.24, 2.45) is 0 Å². The first kappa shape index (κ1) is 18.4. The average Bonchev–Trinajstić information content (AvgIpc) is 2.52. The van der Waals surface area contributed by atoms with Crippen molar-refractivity contribution in [2.75, 3.05) is 0 Å². The summed E-state index contributed by atoms with van der Waals surface area (Å²) in [5.41, 5.74) is 2.78. The quantitative estimate of drug-likeness (QED) is 0.605. The number of rotatable bonds is 6. The van der Waals surface area contributed by atoms with Crippen molar-refractivity contribution in [2.45, 2.75) is 53.3 Å². The summed E-state index contributed by atoms with van der Waals surface area (Å²) >= 11 is -1.94. The van der Waals surface area contributed by atoms with Crippen LogP contribution in [0.2, 0.25) is 14.8 Å². The Morgan fingerprint density at radius 2 is 1.39 bits per heavy atom. The van der Waals surface area contributed by atoms with E-state index < -0.39 is 18.4 Å². The van der Waals surface area contributed by atoms with E-state index in [0.717, 1.165) is 12.8 Å². The molecule has 0 amide bonds. The van der Waals surface area contributed by atoms with Gasteiger partial charge < -0.3 is 0 Å². The molecule has 2 rings (SSSR count). The third kappa shape index (κ3) is 5.00. The van der Waals surface area contributed by atoms with Gasteiger partial charge >= 0.3 is 146 Å². The summed E-state index contributed by atoms with van der Waals surface area (Å²) in [7, 11) is 0. The molecular formula is C21H30OSn. The molecule has 0 radical (unpaired) electrons. The van der Waals surface area contributed by atoms with E-state index in [1.54, 1.807) is 15.7 Å². The number of phenols is 1. The van der Waals surface area contributed by atoms with E-state index in [-0.39, 0.29) is 0 Å². The normalized spacial score (nSPS) is 14.5. The Bertz CT molecular complexity index is 608. The zero-order valence-corrected chi connectivity index (χ0v) is 18.0. The van der Waals surface area contributed by atoms with Crippen LogP contribution in [0.25, 0.3) is 0 Å². The molecule has 0 spiro atoms. The summed E-state index contributed by atoms with van der Waals surface area (Å²) in [5, 5.41) is 9.47. The predicted molar refractivity (Wildman–Crippen MR) is 104 cm³/mol. The van der Waals surface area contributed by atoms with Crippen molar-refractivity contribution >= 4 is 22.0 Å². The van der Waals surface area contributed by atoms with E-state index >= 15 is 0 Å². The zero-order valence-electron chi connectivity index (χ0n) is 15.1. The molecule has 0 aromatic heterocycles. The van der Waals surface area contributed by atoms with Crippen molar-refractivity contribution in [3.05, 3.63) is 59.7 Å². The summed E-state index contributed by atoms with van der Waals surface area (Å²) in [6, 6.07) is 17.1. The van der Waals surface area contributed by atoms with Crippen molar-refractivity contribution < 1.29 is 5.11 Å². The molecule has 2 unspecified atom stereocenters. The van der Waals surface area contributed by atoms with Gasteiger partial charge in [0, 0.05) is 0 Å². The van der Waals surface area contributed by atoms with Crippen molar-refractivity contribution in [3.8, 4) is 5.75 Å². The second-order valence-corrected chi connectivity index (χ2v) is 22.2. The second-order valence-electron chi connectivity index (χ2n) is 7.71. The Balaban J connectivity index is 2.10. The molecule has 0 aliphatic carbocycles. The fourth-order valence-corrected chi connectivity index (χ4v) is 6.49. The summed E-state index contributed by atoms with van der Waals surface area (Å²) < 4.78 is 1.60. The number of aromatic hydroxyl groups is 1. The first-order valence-corrected chi connectivity index (χ1v) is 18.7. The zero-order chi connectivity index (χ0) is 17.0. The summed E-state index contributed by atoms with van der Waals surface area (Å²) in [6.45, 7) is 4.58. The summed E-state index contributed by atoms with van der Waals surface area (Å²) in [6.07, 6.45) is 2.28. The first-order chi connectivity index (χ1) is 10.8. The van der Waals surface area contributed by atoms with Gasteiger partial charge in [-0.05, 0) is 0 Å². The van der Waals surface area contributed by atoms with Crippen molar-refractivity contribution in [1.82, 2.24) is 0 Å². The second kappa shape index (κ2) is 7.74. The third-order valence-electron chi connectivity index (χ3n) is 4.84. The van der Waals surface area contributed by atoms with Crippen LogP contribution in [-0.2, 0) is 0 Å². The molecule has 0 bridgehead atoms. The van der Waals surface area contributed by atoms with Crippen LogP contribution < -0.4 is 3.58 Å².